The molecule has 1 aromatic rings. The molecule has 0 aliphatic heterocycles. The number of rotatable bonds is 5. The van der Waals surface area contributed by atoms with Crippen LogP contribution < -0.4 is 4.72 Å². The summed E-state index contributed by atoms with van der Waals surface area (Å²) in [6.45, 7) is 2.51. The van der Waals surface area contributed by atoms with Gasteiger partial charge in [-0.05, 0) is 36.8 Å². The van der Waals surface area contributed by atoms with Gasteiger partial charge in [-0.3, -0.25) is 10.1 Å². The van der Waals surface area contributed by atoms with Gasteiger partial charge < -0.3 is 0 Å². The Morgan fingerprint density at radius 2 is 2.14 bits per heavy atom. The number of nitrogens with one attached hydrogen (secondary N) is 1. The molecule has 2 rings (SSSR count). The summed E-state index contributed by atoms with van der Waals surface area (Å²) >= 11 is 5.68. The van der Waals surface area contributed by atoms with E-state index in [1.54, 1.807) is 0 Å². The highest BCUT2D eigenvalue weighted by Crippen LogP contribution is 2.30. The van der Waals surface area contributed by atoms with Crippen molar-refractivity contribution >= 4 is 27.3 Å². The van der Waals surface area contributed by atoms with E-state index < -0.39 is 20.6 Å². The third-order valence-electron chi connectivity index (χ3n) is 3.79. The third-order valence-corrected chi connectivity index (χ3v) is 5.53. The Labute approximate surface area is 128 Å². The molecule has 0 saturated heterocycles. The quantitative estimate of drug-likeness (QED) is 0.663. The predicted molar refractivity (Wildman–Crippen MR) is 79.8 cm³/mol. The number of hydrogen-bond donors (Lipinski definition) is 1. The zero-order valence-corrected chi connectivity index (χ0v) is 13.2. The minimum absolute atomic E-state index is 0.0800. The van der Waals surface area contributed by atoms with Crippen molar-refractivity contribution in [3.8, 4) is 0 Å². The topological polar surface area (TPSA) is 89.3 Å². The third kappa shape index (κ3) is 3.93. The summed E-state index contributed by atoms with van der Waals surface area (Å²) in [6.07, 6.45) is 3.12. The lowest BCUT2D eigenvalue weighted by Gasteiger charge is -2.11. The van der Waals surface area contributed by atoms with E-state index in [4.69, 9.17) is 11.6 Å². The molecular formula is C13H17ClN2O4S. The first-order chi connectivity index (χ1) is 9.79. The summed E-state index contributed by atoms with van der Waals surface area (Å²) in [5.41, 5.74) is -0.408. The summed E-state index contributed by atoms with van der Waals surface area (Å²) in [7, 11) is -3.75. The Kier molecular flexibility index (Phi) is 4.85. The fourth-order valence-corrected chi connectivity index (χ4v) is 3.94. The number of benzene rings is 1. The number of nitrogens with zero attached hydrogens (tertiary/aromatic N) is 1. The Morgan fingerprint density at radius 3 is 2.71 bits per heavy atom. The lowest BCUT2D eigenvalue weighted by Crippen LogP contribution is -2.28. The number of sulfonamides is 1. The minimum atomic E-state index is -3.75. The van der Waals surface area contributed by atoms with Crippen molar-refractivity contribution in [3.63, 3.8) is 0 Å². The molecule has 1 aromatic carbocycles. The van der Waals surface area contributed by atoms with Gasteiger partial charge in [0.15, 0.2) is 0 Å². The molecule has 1 N–H and O–H groups in total. The van der Waals surface area contributed by atoms with E-state index in [0.29, 0.717) is 18.4 Å². The van der Waals surface area contributed by atoms with Crippen LogP contribution in [0.15, 0.2) is 23.1 Å². The minimum Gasteiger partial charge on any atom is -0.258 e. The average Bonchev–Trinajstić information content (AvgIpc) is 2.82. The van der Waals surface area contributed by atoms with Crippen LogP contribution >= 0.6 is 11.6 Å². The van der Waals surface area contributed by atoms with Gasteiger partial charge >= 0.3 is 0 Å². The van der Waals surface area contributed by atoms with Crippen molar-refractivity contribution in [1.29, 1.82) is 0 Å². The van der Waals surface area contributed by atoms with Gasteiger partial charge in [-0.25, -0.2) is 13.1 Å². The molecule has 1 aliphatic carbocycles. The summed E-state index contributed by atoms with van der Waals surface area (Å²) in [6, 6.07) is 3.49. The molecular weight excluding hydrogens is 316 g/mol. The largest absolute Gasteiger partial charge is 0.289 e. The van der Waals surface area contributed by atoms with E-state index in [1.807, 2.05) is 0 Å². The van der Waals surface area contributed by atoms with Gasteiger partial charge in [0.25, 0.3) is 5.69 Å². The van der Waals surface area contributed by atoms with Crippen molar-refractivity contribution in [1.82, 2.24) is 4.72 Å². The van der Waals surface area contributed by atoms with Crippen molar-refractivity contribution < 1.29 is 13.3 Å². The maximum absolute atomic E-state index is 12.2. The highest BCUT2D eigenvalue weighted by Gasteiger charge is 2.25. The number of hydrogen-bond acceptors (Lipinski definition) is 4. The van der Waals surface area contributed by atoms with E-state index in [0.717, 1.165) is 25.3 Å². The van der Waals surface area contributed by atoms with Crippen LogP contribution in [0.3, 0.4) is 0 Å². The molecule has 0 bridgehead atoms. The van der Waals surface area contributed by atoms with Crippen molar-refractivity contribution in [2.75, 3.05) is 6.54 Å². The predicted octanol–water partition coefficient (Wildman–Crippen LogP) is 2.96. The second kappa shape index (κ2) is 6.29. The fourth-order valence-electron chi connectivity index (χ4n) is 2.62. The highest BCUT2D eigenvalue weighted by atomic mass is 35.5. The smallest absolute Gasteiger partial charge is 0.258 e. The van der Waals surface area contributed by atoms with E-state index in [9.17, 15) is 18.5 Å². The molecule has 0 amide bonds. The van der Waals surface area contributed by atoms with Crippen LogP contribution in [-0.2, 0) is 10.0 Å². The lowest BCUT2D eigenvalue weighted by molar-refractivity contribution is -0.384. The summed E-state index contributed by atoms with van der Waals surface area (Å²) in [5, 5.41) is 10.7. The second-order valence-corrected chi connectivity index (χ2v) is 7.68. The van der Waals surface area contributed by atoms with Crippen LogP contribution in [0.25, 0.3) is 0 Å². The second-order valence-electron chi connectivity index (χ2n) is 5.51. The molecule has 0 heterocycles. The monoisotopic (exact) mass is 332 g/mol. The highest BCUT2D eigenvalue weighted by molar-refractivity contribution is 7.89. The van der Waals surface area contributed by atoms with Crippen LogP contribution in [-0.4, -0.2) is 19.9 Å². The molecule has 6 nitrogen and oxygen atoms in total. The lowest BCUT2D eigenvalue weighted by atomic mass is 10.1. The van der Waals surface area contributed by atoms with Gasteiger partial charge in [-0.2, -0.15) is 0 Å². The molecule has 1 saturated carbocycles. The van der Waals surface area contributed by atoms with Gasteiger partial charge in [0.2, 0.25) is 10.0 Å². The first-order valence-electron chi connectivity index (χ1n) is 6.73. The summed E-state index contributed by atoms with van der Waals surface area (Å²) in [5.74, 6) is 0.952. The summed E-state index contributed by atoms with van der Waals surface area (Å²) in [4.78, 5) is 9.98. The van der Waals surface area contributed by atoms with Gasteiger partial charge in [0.1, 0.15) is 5.02 Å². The van der Waals surface area contributed by atoms with Crippen LogP contribution in [0.1, 0.15) is 26.2 Å². The maximum atomic E-state index is 12.2. The van der Waals surface area contributed by atoms with E-state index in [2.05, 4.69) is 11.6 Å². The molecule has 0 spiro atoms. The number of nitro groups is 1. The SMILES string of the molecule is CC1CCC(CNS(=O)(=O)c2ccc(Cl)c([N+](=O)[O-])c2)C1. The zero-order valence-electron chi connectivity index (χ0n) is 11.6. The van der Waals surface area contributed by atoms with Gasteiger partial charge in [-0.15, -0.1) is 0 Å². The first kappa shape index (κ1) is 16.2. The van der Waals surface area contributed by atoms with E-state index in [1.165, 1.54) is 12.1 Å². The number of halogens is 1. The van der Waals surface area contributed by atoms with Gasteiger partial charge in [-0.1, -0.05) is 24.9 Å². The normalized spacial score (nSPS) is 22.4. The average molecular weight is 333 g/mol. The van der Waals surface area contributed by atoms with Crippen molar-refractivity contribution in [3.05, 3.63) is 33.3 Å². The molecule has 2 atom stereocenters. The standard InChI is InChI=1S/C13H17ClN2O4S/c1-9-2-3-10(6-9)8-15-21(19,20)11-4-5-12(14)13(7-11)16(17)18/h4-5,7,9-10,15H,2-3,6,8H2,1H3. The molecule has 21 heavy (non-hydrogen) atoms. The van der Waals surface area contributed by atoms with Crippen LogP contribution in [0.5, 0.6) is 0 Å². The molecule has 8 heteroatoms. The van der Waals surface area contributed by atoms with Crippen molar-refractivity contribution in [2.45, 2.75) is 31.1 Å². The Hall–Kier alpha value is -1.18. The van der Waals surface area contributed by atoms with Gasteiger partial charge in [0.05, 0.1) is 9.82 Å². The molecule has 2 unspecified atom stereocenters. The molecule has 1 aliphatic rings. The fraction of sp³-hybridized carbons (Fsp3) is 0.538. The van der Waals surface area contributed by atoms with Gasteiger partial charge in [0, 0.05) is 12.6 Å². The molecule has 116 valence electrons. The van der Waals surface area contributed by atoms with E-state index in [-0.39, 0.29) is 9.92 Å². The van der Waals surface area contributed by atoms with Crippen LogP contribution in [0.2, 0.25) is 5.02 Å². The van der Waals surface area contributed by atoms with Crippen LogP contribution in [0, 0.1) is 22.0 Å². The summed E-state index contributed by atoms with van der Waals surface area (Å²) < 4.78 is 26.9. The first-order valence-corrected chi connectivity index (χ1v) is 8.59. The van der Waals surface area contributed by atoms with Crippen molar-refractivity contribution in [2.24, 2.45) is 11.8 Å². The Balaban J connectivity index is 2.12. The maximum Gasteiger partial charge on any atom is 0.289 e. The Bertz CT molecular complexity index is 648. The zero-order chi connectivity index (χ0) is 15.6. The molecule has 0 aromatic heterocycles. The van der Waals surface area contributed by atoms with E-state index >= 15 is 0 Å². The number of nitro benzene ring substituents is 1. The Morgan fingerprint density at radius 1 is 1.43 bits per heavy atom. The molecule has 1 fully saturated rings. The molecule has 0 radical (unpaired) electrons. The van der Waals surface area contributed by atoms with Crippen LogP contribution in [0.4, 0.5) is 5.69 Å².